The van der Waals surface area contributed by atoms with Gasteiger partial charge in [-0.25, -0.2) is 13.2 Å². The van der Waals surface area contributed by atoms with E-state index in [2.05, 4.69) is 5.32 Å². The quantitative estimate of drug-likeness (QED) is 0.764. The van der Waals surface area contributed by atoms with Gasteiger partial charge in [0.05, 0.1) is 23.1 Å². The Hall–Kier alpha value is -0.780. The van der Waals surface area contributed by atoms with Gasteiger partial charge in [0, 0.05) is 0 Å². The molecule has 88 valence electrons. The average molecular weight is 235 g/mol. The van der Waals surface area contributed by atoms with Gasteiger partial charge in [0.2, 0.25) is 0 Å². The van der Waals surface area contributed by atoms with Crippen molar-refractivity contribution in [3.8, 4) is 0 Å². The normalized spacial score (nSPS) is 29.1. The van der Waals surface area contributed by atoms with E-state index in [1.807, 2.05) is 0 Å². The molecule has 1 aliphatic heterocycles. The molecule has 1 amide bonds. The molecule has 1 atom stereocenters. The SMILES string of the molecule is CC(C)OC(=O)N[C@]1(C)CCS(=O)(=O)C1. The number of amides is 1. The van der Waals surface area contributed by atoms with Crippen molar-refractivity contribution >= 4 is 15.9 Å². The number of alkyl carbamates (subject to hydrolysis) is 1. The van der Waals surface area contributed by atoms with Crippen molar-refractivity contribution in [3.05, 3.63) is 0 Å². The predicted octanol–water partition coefficient (Wildman–Crippen LogP) is 0.698. The minimum atomic E-state index is -3.00. The molecule has 6 heteroatoms. The largest absolute Gasteiger partial charge is 0.447 e. The fourth-order valence-electron chi connectivity index (χ4n) is 1.60. The van der Waals surface area contributed by atoms with Crippen molar-refractivity contribution in [2.45, 2.75) is 38.8 Å². The Balaban J connectivity index is 2.55. The highest BCUT2D eigenvalue weighted by Crippen LogP contribution is 2.22. The molecule has 0 aromatic carbocycles. The third-order valence-corrected chi connectivity index (χ3v) is 4.15. The highest BCUT2D eigenvalue weighted by molar-refractivity contribution is 7.91. The first kappa shape index (κ1) is 12.3. The van der Waals surface area contributed by atoms with Gasteiger partial charge >= 0.3 is 6.09 Å². The lowest BCUT2D eigenvalue weighted by atomic mass is 10.0. The molecule has 0 bridgehead atoms. The van der Waals surface area contributed by atoms with Crippen LogP contribution in [0.4, 0.5) is 4.79 Å². The molecule has 1 saturated heterocycles. The van der Waals surface area contributed by atoms with E-state index in [0.29, 0.717) is 6.42 Å². The zero-order valence-electron chi connectivity index (χ0n) is 9.24. The maximum Gasteiger partial charge on any atom is 0.407 e. The molecule has 15 heavy (non-hydrogen) atoms. The monoisotopic (exact) mass is 235 g/mol. The minimum absolute atomic E-state index is 0.00675. The summed E-state index contributed by atoms with van der Waals surface area (Å²) in [4.78, 5) is 11.3. The number of carbonyl (C=O) groups excluding carboxylic acids is 1. The van der Waals surface area contributed by atoms with Gasteiger partial charge in [0.1, 0.15) is 0 Å². The van der Waals surface area contributed by atoms with Crippen LogP contribution in [0.5, 0.6) is 0 Å². The Bertz CT molecular complexity index is 349. The maximum absolute atomic E-state index is 11.3. The lowest BCUT2D eigenvalue weighted by molar-refractivity contribution is 0.107. The molecule has 1 heterocycles. The Labute approximate surface area is 90.1 Å². The van der Waals surface area contributed by atoms with Crippen LogP contribution < -0.4 is 5.32 Å². The standard InChI is InChI=1S/C9H17NO4S/c1-7(2)14-8(11)10-9(3)4-5-15(12,13)6-9/h7H,4-6H2,1-3H3,(H,10,11)/t9-/m1/s1. The molecule has 1 rings (SSSR count). The second kappa shape index (κ2) is 4.00. The fourth-order valence-corrected chi connectivity index (χ4v) is 3.69. The van der Waals surface area contributed by atoms with Crippen LogP contribution in [0.15, 0.2) is 0 Å². The Morgan fingerprint density at radius 2 is 2.07 bits per heavy atom. The van der Waals surface area contributed by atoms with Crippen molar-refractivity contribution in [1.29, 1.82) is 0 Å². The number of carbonyl (C=O) groups is 1. The van der Waals surface area contributed by atoms with Gasteiger partial charge in [-0.15, -0.1) is 0 Å². The summed E-state index contributed by atoms with van der Waals surface area (Å²) in [5, 5.41) is 2.60. The van der Waals surface area contributed by atoms with Crippen LogP contribution in [0, 0.1) is 0 Å². The van der Waals surface area contributed by atoms with Crippen molar-refractivity contribution < 1.29 is 17.9 Å². The molecule has 0 spiro atoms. The zero-order chi connectivity index (χ0) is 11.7. The first-order valence-electron chi connectivity index (χ1n) is 4.92. The summed E-state index contributed by atoms with van der Waals surface area (Å²) in [6, 6.07) is 0. The molecular formula is C9H17NO4S. The van der Waals surface area contributed by atoms with Gasteiger partial charge in [0.25, 0.3) is 0 Å². The van der Waals surface area contributed by atoms with E-state index in [4.69, 9.17) is 4.74 Å². The van der Waals surface area contributed by atoms with E-state index in [1.165, 1.54) is 0 Å². The molecular weight excluding hydrogens is 218 g/mol. The Kier molecular flexibility index (Phi) is 3.28. The number of hydrogen-bond donors (Lipinski definition) is 1. The van der Waals surface area contributed by atoms with Crippen molar-refractivity contribution in [2.75, 3.05) is 11.5 Å². The number of nitrogens with one attached hydrogen (secondary N) is 1. The lowest BCUT2D eigenvalue weighted by Crippen LogP contribution is -2.47. The average Bonchev–Trinajstić information content (AvgIpc) is 2.22. The van der Waals surface area contributed by atoms with Crippen LogP contribution in [0.3, 0.4) is 0 Å². The number of ether oxygens (including phenoxy) is 1. The summed E-state index contributed by atoms with van der Waals surface area (Å²) in [5.41, 5.74) is -0.676. The summed E-state index contributed by atoms with van der Waals surface area (Å²) in [7, 11) is -3.00. The van der Waals surface area contributed by atoms with Crippen LogP contribution in [0.25, 0.3) is 0 Å². The van der Waals surface area contributed by atoms with Gasteiger partial charge in [0.15, 0.2) is 9.84 Å². The molecule has 1 N–H and O–H groups in total. The van der Waals surface area contributed by atoms with Crippen molar-refractivity contribution in [1.82, 2.24) is 5.32 Å². The zero-order valence-corrected chi connectivity index (χ0v) is 10.1. The van der Waals surface area contributed by atoms with Crippen molar-refractivity contribution in [2.24, 2.45) is 0 Å². The van der Waals surface area contributed by atoms with Crippen LogP contribution in [0.2, 0.25) is 0 Å². The van der Waals surface area contributed by atoms with E-state index < -0.39 is 21.5 Å². The maximum atomic E-state index is 11.3. The fraction of sp³-hybridized carbons (Fsp3) is 0.889. The molecule has 0 saturated carbocycles. The molecule has 1 fully saturated rings. The lowest BCUT2D eigenvalue weighted by Gasteiger charge is -2.23. The molecule has 1 aliphatic rings. The summed E-state index contributed by atoms with van der Waals surface area (Å²) >= 11 is 0. The number of rotatable bonds is 2. The van der Waals surface area contributed by atoms with Gasteiger partial charge in [-0.05, 0) is 27.2 Å². The van der Waals surface area contributed by atoms with E-state index >= 15 is 0 Å². The Morgan fingerprint density at radius 1 is 1.47 bits per heavy atom. The van der Waals surface area contributed by atoms with E-state index in [1.54, 1.807) is 20.8 Å². The number of sulfone groups is 1. The van der Waals surface area contributed by atoms with Gasteiger partial charge in [-0.1, -0.05) is 0 Å². The minimum Gasteiger partial charge on any atom is -0.447 e. The van der Waals surface area contributed by atoms with Crippen LogP contribution >= 0.6 is 0 Å². The summed E-state index contributed by atoms with van der Waals surface area (Å²) in [5.74, 6) is 0.124. The topological polar surface area (TPSA) is 72.5 Å². The Morgan fingerprint density at radius 3 is 2.47 bits per heavy atom. The molecule has 0 aromatic heterocycles. The summed E-state index contributed by atoms with van der Waals surface area (Å²) < 4.78 is 27.4. The third-order valence-electron chi connectivity index (χ3n) is 2.25. The number of hydrogen-bond acceptors (Lipinski definition) is 4. The summed E-state index contributed by atoms with van der Waals surface area (Å²) in [6.45, 7) is 5.21. The van der Waals surface area contributed by atoms with Gasteiger partial charge < -0.3 is 10.1 Å². The highest BCUT2D eigenvalue weighted by Gasteiger charge is 2.39. The van der Waals surface area contributed by atoms with E-state index in [9.17, 15) is 13.2 Å². The second-order valence-electron chi connectivity index (χ2n) is 4.48. The van der Waals surface area contributed by atoms with E-state index in [-0.39, 0.29) is 17.6 Å². The molecule has 0 unspecified atom stereocenters. The van der Waals surface area contributed by atoms with Gasteiger partial charge in [-0.3, -0.25) is 0 Å². The van der Waals surface area contributed by atoms with Crippen molar-refractivity contribution in [3.63, 3.8) is 0 Å². The molecule has 5 nitrogen and oxygen atoms in total. The van der Waals surface area contributed by atoms with Gasteiger partial charge in [-0.2, -0.15) is 0 Å². The smallest absolute Gasteiger partial charge is 0.407 e. The molecule has 0 radical (unpaired) electrons. The first-order valence-corrected chi connectivity index (χ1v) is 6.74. The molecule has 0 aromatic rings. The summed E-state index contributed by atoms with van der Waals surface area (Å²) in [6.07, 6.45) is -0.307. The van der Waals surface area contributed by atoms with Crippen LogP contribution in [-0.4, -0.2) is 37.7 Å². The van der Waals surface area contributed by atoms with Crippen LogP contribution in [0.1, 0.15) is 27.2 Å². The molecule has 0 aliphatic carbocycles. The third kappa shape index (κ3) is 3.70. The second-order valence-corrected chi connectivity index (χ2v) is 6.67. The predicted molar refractivity (Wildman–Crippen MR) is 56.4 cm³/mol. The highest BCUT2D eigenvalue weighted by atomic mass is 32.2. The van der Waals surface area contributed by atoms with Crippen LogP contribution in [-0.2, 0) is 14.6 Å². The van der Waals surface area contributed by atoms with E-state index in [0.717, 1.165) is 0 Å². The first-order chi connectivity index (χ1) is 6.72.